The maximum atomic E-state index is 15.3. The van der Waals surface area contributed by atoms with Crippen molar-refractivity contribution in [3.8, 4) is 11.5 Å². The molecular formula is C42H43Cl2FN4O8. The molecule has 1 N–H and O–H groups in total. The van der Waals surface area contributed by atoms with Gasteiger partial charge in [-0.05, 0) is 98.6 Å². The summed E-state index contributed by atoms with van der Waals surface area (Å²) in [6, 6.07) is 17.4. The van der Waals surface area contributed by atoms with E-state index in [4.69, 9.17) is 37.4 Å². The van der Waals surface area contributed by atoms with Crippen LogP contribution in [0.2, 0.25) is 10.0 Å². The monoisotopic (exact) mass is 820 g/mol. The van der Waals surface area contributed by atoms with E-state index in [0.717, 1.165) is 25.9 Å². The van der Waals surface area contributed by atoms with Gasteiger partial charge < -0.3 is 29.0 Å². The first-order chi connectivity index (χ1) is 27.4. The number of carboxylic acids is 1. The van der Waals surface area contributed by atoms with Crippen molar-refractivity contribution in [3.05, 3.63) is 117 Å². The Morgan fingerprint density at radius 1 is 0.982 bits per heavy atom. The molecule has 0 spiro atoms. The molecule has 57 heavy (non-hydrogen) atoms. The number of fused-ring (bicyclic) bond motifs is 3. The van der Waals surface area contributed by atoms with Gasteiger partial charge in [0.1, 0.15) is 22.0 Å². The molecule has 2 amide bonds. The quantitative estimate of drug-likeness (QED) is 0.142. The van der Waals surface area contributed by atoms with Crippen LogP contribution in [0.15, 0.2) is 79.1 Å². The summed E-state index contributed by atoms with van der Waals surface area (Å²) in [7, 11) is 2.94. The maximum absolute atomic E-state index is 15.3. The molecule has 3 atom stereocenters. The van der Waals surface area contributed by atoms with Crippen LogP contribution in [0.5, 0.6) is 11.5 Å². The number of carbonyl (C=O) groups is 3. The van der Waals surface area contributed by atoms with Gasteiger partial charge >= 0.3 is 6.09 Å². The molecular weight excluding hydrogens is 778 g/mol. The number of anilines is 1. The molecule has 0 saturated carbocycles. The molecule has 4 aromatic rings. The number of carboxylic acid groups (broad SMARTS) is 1. The highest BCUT2D eigenvalue weighted by Gasteiger charge is 2.52. The molecule has 8 rings (SSSR count). The minimum atomic E-state index is -1.91. The lowest BCUT2D eigenvalue weighted by Crippen LogP contribution is -2.62. The van der Waals surface area contributed by atoms with Crippen LogP contribution in [-0.2, 0) is 22.5 Å². The van der Waals surface area contributed by atoms with Crippen molar-refractivity contribution in [1.82, 2.24) is 9.80 Å². The van der Waals surface area contributed by atoms with Gasteiger partial charge in [-0.25, -0.2) is 9.18 Å². The van der Waals surface area contributed by atoms with E-state index in [1.807, 2.05) is 0 Å². The zero-order valence-corrected chi connectivity index (χ0v) is 33.0. The van der Waals surface area contributed by atoms with Gasteiger partial charge in [-0.3, -0.25) is 19.8 Å². The fraction of sp³-hybridized carbons (Fsp3) is 0.381. The molecule has 12 nitrogen and oxygen atoms in total. The number of aliphatic carboxylic acids is 1. The highest BCUT2D eigenvalue weighted by atomic mass is 35.5. The Bertz CT molecular complexity index is 2150. The van der Waals surface area contributed by atoms with Crippen LogP contribution in [0, 0.1) is 11.7 Å². The normalized spacial score (nSPS) is 21.8. The molecule has 0 radical (unpaired) electrons. The van der Waals surface area contributed by atoms with E-state index in [1.165, 1.54) is 54.6 Å². The number of piperidine rings is 3. The van der Waals surface area contributed by atoms with Crippen LogP contribution in [0.4, 0.5) is 14.9 Å². The number of rotatable bonds is 12. The van der Waals surface area contributed by atoms with Crippen LogP contribution in [-0.4, -0.2) is 85.0 Å². The number of amides is 2. The van der Waals surface area contributed by atoms with Gasteiger partial charge in [-0.2, -0.15) is 0 Å². The second-order valence-corrected chi connectivity index (χ2v) is 15.6. The number of benzene rings is 3. The first-order valence-electron chi connectivity index (χ1n) is 18.8. The molecule has 4 aliphatic heterocycles. The second-order valence-electron chi connectivity index (χ2n) is 14.8. The number of methoxy groups -OCH3 is 2. The van der Waals surface area contributed by atoms with Crippen molar-refractivity contribution >= 4 is 46.9 Å². The summed E-state index contributed by atoms with van der Waals surface area (Å²) in [5.74, 6) is -2.69. The largest absolute Gasteiger partial charge is 0.548 e. The fourth-order valence-electron chi connectivity index (χ4n) is 8.71. The van der Waals surface area contributed by atoms with Crippen LogP contribution in [0.25, 0.3) is 0 Å². The van der Waals surface area contributed by atoms with E-state index < -0.39 is 35.2 Å². The lowest BCUT2D eigenvalue weighted by Gasteiger charge is -2.46. The third kappa shape index (κ3) is 7.93. The number of ether oxygens (including phenoxy) is 3. The Labute approximate surface area is 339 Å². The van der Waals surface area contributed by atoms with E-state index >= 15 is 4.39 Å². The van der Waals surface area contributed by atoms with E-state index in [1.54, 1.807) is 48.5 Å². The lowest BCUT2D eigenvalue weighted by atomic mass is 9.73. The molecule has 15 heteroatoms. The number of pyridine rings is 1. The third-order valence-corrected chi connectivity index (χ3v) is 12.3. The molecule has 4 saturated heterocycles. The number of para-hydroxylation sites is 1. The topological polar surface area (TPSA) is 136 Å². The highest BCUT2D eigenvalue weighted by Crippen LogP contribution is 2.47. The SMILES string of the molecule is COc1ccc([C@H](Cc2c(Cl)c[n+](O)cc2Cl)[C@]2(C(=O)[O-])CCCN2C(=O)c2cccc(CN(C(=O)O[C@H]3CN4CCC3CC4)c3ccccc3F)c2)cc1OC. The molecule has 4 fully saturated rings. The van der Waals surface area contributed by atoms with Gasteiger partial charge in [0, 0.05) is 34.9 Å². The van der Waals surface area contributed by atoms with Crippen LogP contribution in [0.1, 0.15) is 58.6 Å². The Hall–Kier alpha value is -5.11. The highest BCUT2D eigenvalue weighted by molar-refractivity contribution is 6.35. The van der Waals surface area contributed by atoms with Crippen molar-refractivity contribution in [1.29, 1.82) is 0 Å². The molecule has 300 valence electrons. The summed E-state index contributed by atoms with van der Waals surface area (Å²) in [5.41, 5.74) is -0.405. The smallest absolute Gasteiger partial charge is 0.415 e. The molecule has 1 aromatic heterocycles. The number of carbonyl (C=O) groups excluding carboxylic acids is 3. The average molecular weight is 822 g/mol. The zero-order valence-electron chi connectivity index (χ0n) is 31.5. The van der Waals surface area contributed by atoms with E-state index in [2.05, 4.69) is 4.90 Å². The van der Waals surface area contributed by atoms with Crippen molar-refractivity contribution in [2.45, 2.75) is 56.2 Å². The lowest BCUT2D eigenvalue weighted by molar-refractivity contribution is -0.904. The summed E-state index contributed by atoms with van der Waals surface area (Å²) in [5, 5.41) is 23.9. The Balaban J connectivity index is 1.24. The van der Waals surface area contributed by atoms with E-state index in [9.17, 15) is 24.7 Å². The second kappa shape index (κ2) is 16.8. The summed E-state index contributed by atoms with van der Waals surface area (Å²) < 4.78 is 33.1. The van der Waals surface area contributed by atoms with E-state index in [-0.39, 0.29) is 59.2 Å². The molecule has 4 aliphatic rings. The number of hydrogen-bond acceptors (Lipinski definition) is 9. The number of likely N-dealkylation sites (tertiary alicyclic amines) is 1. The van der Waals surface area contributed by atoms with Gasteiger partial charge in [0.15, 0.2) is 11.5 Å². The average Bonchev–Trinajstić information content (AvgIpc) is 3.66. The first kappa shape index (κ1) is 40.1. The van der Waals surface area contributed by atoms with Gasteiger partial charge in [0.2, 0.25) is 12.4 Å². The van der Waals surface area contributed by atoms with Gasteiger partial charge in [-0.15, -0.1) is 0 Å². The van der Waals surface area contributed by atoms with Crippen molar-refractivity contribution in [2.75, 3.05) is 45.3 Å². The molecule has 0 aliphatic carbocycles. The van der Waals surface area contributed by atoms with Crippen molar-refractivity contribution in [2.24, 2.45) is 5.92 Å². The fourth-order valence-corrected chi connectivity index (χ4v) is 9.31. The Morgan fingerprint density at radius 3 is 2.35 bits per heavy atom. The van der Waals surface area contributed by atoms with Crippen LogP contribution >= 0.6 is 23.2 Å². The Morgan fingerprint density at radius 2 is 1.70 bits per heavy atom. The summed E-state index contributed by atoms with van der Waals surface area (Å²) in [6.45, 7) is 2.49. The Kier molecular flexibility index (Phi) is 11.8. The maximum Gasteiger partial charge on any atom is 0.415 e. The molecule has 3 aromatic carbocycles. The summed E-state index contributed by atoms with van der Waals surface area (Å²) in [6.07, 6.45) is 3.61. The van der Waals surface area contributed by atoms with Crippen LogP contribution < -0.4 is 24.2 Å². The molecule has 0 unspecified atom stereocenters. The van der Waals surface area contributed by atoms with Crippen molar-refractivity contribution < 1.29 is 48.0 Å². The number of halogens is 3. The minimum absolute atomic E-state index is 0.0266. The van der Waals surface area contributed by atoms with Crippen molar-refractivity contribution in [3.63, 3.8) is 0 Å². The number of aromatic nitrogens is 1. The summed E-state index contributed by atoms with van der Waals surface area (Å²) in [4.78, 5) is 47.1. The van der Waals surface area contributed by atoms with E-state index in [0.29, 0.717) is 45.9 Å². The standard InChI is InChI=1S/C42H43Cl2FN4O8/c1-55-36-12-11-28(20-37(36)56-2)31(21-30-32(43)23-47(54)24-33(30)44)42(40(51)52)15-6-16-49(42)39(50)29-8-5-7-26(19-29)22-48(35-10-4-3-9-34(35)45)41(53)57-38-25-46-17-13-27(38)14-18-46/h3-5,7-12,19-20,23-24,27,31,38H,6,13-18,21-22,25H2,1-2H3,(H-,51,52,54)/t31-,38-,42-/m0/s1. The number of hydrogen-bond donors (Lipinski definition) is 1. The minimum Gasteiger partial charge on any atom is -0.548 e. The molecule has 5 heterocycles. The first-order valence-corrected chi connectivity index (χ1v) is 19.6. The summed E-state index contributed by atoms with van der Waals surface area (Å²) >= 11 is 13.2. The van der Waals surface area contributed by atoms with Crippen LogP contribution in [0.3, 0.4) is 0 Å². The zero-order chi connectivity index (χ0) is 40.4. The van der Waals surface area contributed by atoms with Gasteiger partial charge in [0.25, 0.3) is 5.91 Å². The third-order valence-electron chi connectivity index (χ3n) is 11.6. The number of nitrogens with zero attached hydrogens (tertiary/aromatic N) is 4. The predicted octanol–water partition coefficient (Wildman–Crippen LogP) is 5.66. The van der Waals surface area contributed by atoms with Gasteiger partial charge in [-0.1, -0.05) is 53.5 Å². The molecule has 2 bridgehead atoms. The predicted molar refractivity (Wildman–Crippen MR) is 206 cm³/mol. The van der Waals surface area contributed by atoms with Gasteiger partial charge in [0.05, 0.1) is 38.0 Å².